The van der Waals surface area contributed by atoms with Crippen LogP contribution in [0.1, 0.15) is 44.6 Å². The molecule has 1 aromatic carbocycles. The van der Waals surface area contributed by atoms with Crippen LogP contribution in [0.25, 0.3) is 0 Å². The van der Waals surface area contributed by atoms with Crippen molar-refractivity contribution in [1.29, 1.82) is 0 Å². The van der Waals surface area contributed by atoms with E-state index in [0.717, 1.165) is 24.8 Å². The van der Waals surface area contributed by atoms with Gasteiger partial charge in [0.05, 0.1) is 13.2 Å². The van der Waals surface area contributed by atoms with E-state index in [1.54, 1.807) is 0 Å². The molecule has 0 radical (unpaired) electrons. The number of aliphatic hydroxyl groups is 2. The van der Waals surface area contributed by atoms with Gasteiger partial charge in [-0.2, -0.15) is 0 Å². The van der Waals surface area contributed by atoms with Crippen molar-refractivity contribution in [3.8, 4) is 0 Å². The Morgan fingerprint density at radius 2 is 1.61 bits per heavy atom. The number of hydrogen-bond acceptors (Lipinski definition) is 2. The Morgan fingerprint density at radius 3 is 2.11 bits per heavy atom. The largest absolute Gasteiger partial charge is 0.395 e. The van der Waals surface area contributed by atoms with E-state index in [-0.39, 0.29) is 13.2 Å². The molecule has 0 aliphatic heterocycles. The molecule has 0 unspecified atom stereocenters. The van der Waals surface area contributed by atoms with E-state index in [9.17, 15) is 10.2 Å². The van der Waals surface area contributed by atoms with Gasteiger partial charge in [-0.15, -0.1) is 0 Å². The summed E-state index contributed by atoms with van der Waals surface area (Å²) < 4.78 is 0. The second-order valence-corrected chi connectivity index (χ2v) is 5.35. The number of aliphatic hydroxyl groups excluding tert-OH is 2. The zero-order valence-electron chi connectivity index (χ0n) is 11.0. The molecule has 0 aromatic heterocycles. The van der Waals surface area contributed by atoms with Crippen LogP contribution >= 0.6 is 11.6 Å². The molecule has 2 nitrogen and oxygen atoms in total. The lowest BCUT2D eigenvalue weighted by Gasteiger charge is -2.30. The molecule has 3 heteroatoms. The van der Waals surface area contributed by atoms with Crippen LogP contribution in [-0.2, 0) is 5.41 Å². The first-order valence-corrected chi connectivity index (χ1v) is 7.04. The lowest BCUT2D eigenvalue weighted by molar-refractivity contribution is 0.107. The Morgan fingerprint density at radius 1 is 1.00 bits per heavy atom. The molecule has 0 spiro atoms. The third kappa shape index (κ3) is 3.98. The first kappa shape index (κ1) is 15.5. The molecular weight excluding hydrogens is 248 g/mol. The molecule has 2 N–H and O–H groups in total. The second-order valence-electron chi connectivity index (χ2n) is 4.91. The van der Waals surface area contributed by atoms with Crippen LogP contribution in [0.3, 0.4) is 0 Å². The highest BCUT2D eigenvalue weighted by Gasteiger charge is 2.30. The van der Waals surface area contributed by atoms with Crippen LogP contribution in [0.15, 0.2) is 24.3 Å². The molecule has 0 fully saturated rings. The molecule has 0 saturated carbocycles. The van der Waals surface area contributed by atoms with Gasteiger partial charge in [0.15, 0.2) is 0 Å². The summed E-state index contributed by atoms with van der Waals surface area (Å²) in [5.74, 6) is 0. The monoisotopic (exact) mass is 270 g/mol. The molecule has 0 amide bonds. The van der Waals surface area contributed by atoms with Gasteiger partial charge in [-0.3, -0.25) is 0 Å². The highest BCUT2D eigenvalue weighted by atomic mass is 35.5. The normalized spacial score (nSPS) is 11.8. The number of unbranched alkanes of at least 4 members (excludes halogenated alkanes) is 3. The first-order valence-electron chi connectivity index (χ1n) is 6.66. The van der Waals surface area contributed by atoms with Gasteiger partial charge in [0, 0.05) is 10.4 Å². The summed E-state index contributed by atoms with van der Waals surface area (Å²) in [6, 6.07) is 7.41. The number of benzene rings is 1. The van der Waals surface area contributed by atoms with Crippen molar-refractivity contribution in [3.63, 3.8) is 0 Å². The molecule has 0 saturated heterocycles. The fourth-order valence-corrected chi connectivity index (χ4v) is 2.35. The van der Waals surface area contributed by atoms with Gasteiger partial charge >= 0.3 is 0 Å². The highest BCUT2D eigenvalue weighted by molar-refractivity contribution is 6.30. The van der Waals surface area contributed by atoms with Crippen LogP contribution in [0, 0.1) is 0 Å². The molecule has 0 heterocycles. The van der Waals surface area contributed by atoms with Gasteiger partial charge in [-0.25, -0.2) is 0 Å². The van der Waals surface area contributed by atoms with E-state index >= 15 is 0 Å². The predicted molar refractivity (Wildman–Crippen MR) is 76.1 cm³/mol. The van der Waals surface area contributed by atoms with Crippen molar-refractivity contribution in [2.24, 2.45) is 0 Å². The Kier molecular flexibility index (Phi) is 6.69. The number of hydrogen-bond donors (Lipinski definition) is 2. The van der Waals surface area contributed by atoms with Gasteiger partial charge in [0.1, 0.15) is 0 Å². The average Bonchev–Trinajstić information content (AvgIpc) is 2.41. The predicted octanol–water partition coefficient (Wildman–Crippen LogP) is 3.53. The quantitative estimate of drug-likeness (QED) is 0.710. The van der Waals surface area contributed by atoms with E-state index < -0.39 is 5.41 Å². The third-order valence-corrected chi connectivity index (χ3v) is 3.82. The molecule has 0 atom stereocenters. The van der Waals surface area contributed by atoms with E-state index in [4.69, 9.17) is 11.6 Å². The van der Waals surface area contributed by atoms with Crippen molar-refractivity contribution in [1.82, 2.24) is 0 Å². The van der Waals surface area contributed by atoms with E-state index in [0.29, 0.717) is 5.02 Å². The summed E-state index contributed by atoms with van der Waals surface area (Å²) in [5, 5.41) is 20.0. The van der Waals surface area contributed by atoms with Gasteiger partial charge in [0.25, 0.3) is 0 Å². The summed E-state index contributed by atoms with van der Waals surface area (Å²) in [5.41, 5.74) is 0.437. The first-order chi connectivity index (χ1) is 8.68. The summed E-state index contributed by atoms with van der Waals surface area (Å²) in [6.45, 7) is 2.11. The zero-order valence-corrected chi connectivity index (χ0v) is 11.8. The minimum Gasteiger partial charge on any atom is -0.395 e. The molecule has 18 heavy (non-hydrogen) atoms. The summed E-state index contributed by atoms with van der Waals surface area (Å²) in [7, 11) is 0. The summed E-state index contributed by atoms with van der Waals surface area (Å²) >= 11 is 5.87. The minimum absolute atomic E-state index is 0.0305. The van der Waals surface area contributed by atoms with Gasteiger partial charge < -0.3 is 10.2 Å². The van der Waals surface area contributed by atoms with Crippen molar-refractivity contribution < 1.29 is 10.2 Å². The fraction of sp³-hybridized carbons (Fsp3) is 0.600. The van der Waals surface area contributed by atoms with E-state index in [1.165, 1.54) is 12.8 Å². The van der Waals surface area contributed by atoms with Gasteiger partial charge in [-0.05, 0) is 24.1 Å². The van der Waals surface area contributed by atoms with Crippen molar-refractivity contribution >= 4 is 11.6 Å². The Hall–Kier alpha value is -0.570. The molecule has 0 aliphatic rings. The maximum Gasteiger partial charge on any atom is 0.0550 e. The molecule has 1 aromatic rings. The highest BCUT2D eigenvalue weighted by Crippen LogP contribution is 2.30. The van der Waals surface area contributed by atoms with Gasteiger partial charge in [-0.1, -0.05) is 56.3 Å². The Balaban J connectivity index is 2.75. The molecule has 102 valence electrons. The van der Waals surface area contributed by atoms with Crippen molar-refractivity contribution in [3.05, 3.63) is 34.9 Å². The molecular formula is C15H23ClO2. The molecule has 0 bridgehead atoms. The average molecular weight is 271 g/mol. The SMILES string of the molecule is CCCCCCC(CO)(CO)c1ccc(Cl)cc1. The fourth-order valence-electron chi connectivity index (χ4n) is 2.23. The van der Waals surface area contributed by atoms with Crippen LogP contribution in [0.4, 0.5) is 0 Å². The summed E-state index contributed by atoms with van der Waals surface area (Å²) in [6.07, 6.45) is 5.37. The molecule has 1 rings (SSSR count). The Bertz CT molecular complexity index is 331. The zero-order chi connectivity index (χ0) is 13.4. The smallest absolute Gasteiger partial charge is 0.0550 e. The lowest BCUT2D eigenvalue weighted by atomic mass is 9.77. The maximum absolute atomic E-state index is 9.66. The van der Waals surface area contributed by atoms with E-state index in [2.05, 4.69) is 6.92 Å². The summed E-state index contributed by atoms with van der Waals surface area (Å²) in [4.78, 5) is 0. The topological polar surface area (TPSA) is 40.5 Å². The standard InChI is InChI=1S/C15H23ClO2/c1-2-3-4-5-10-15(11-17,12-18)13-6-8-14(16)9-7-13/h6-9,17-18H,2-5,10-12H2,1H3. The van der Waals surface area contributed by atoms with Crippen LogP contribution in [0.5, 0.6) is 0 Å². The van der Waals surface area contributed by atoms with Crippen LogP contribution in [0.2, 0.25) is 5.02 Å². The maximum atomic E-state index is 9.66. The van der Waals surface area contributed by atoms with Crippen LogP contribution in [-0.4, -0.2) is 23.4 Å². The lowest BCUT2D eigenvalue weighted by Crippen LogP contribution is -2.34. The second kappa shape index (κ2) is 7.78. The molecule has 0 aliphatic carbocycles. The minimum atomic E-state index is -0.529. The van der Waals surface area contributed by atoms with E-state index in [1.807, 2.05) is 24.3 Å². The van der Waals surface area contributed by atoms with Crippen molar-refractivity contribution in [2.75, 3.05) is 13.2 Å². The van der Waals surface area contributed by atoms with Crippen molar-refractivity contribution in [2.45, 2.75) is 44.4 Å². The van der Waals surface area contributed by atoms with Crippen LogP contribution < -0.4 is 0 Å². The number of rotatable bonds is 8. The number of halogens is 1. The third-order valence-electron chi connectivity index (χ3n) is 3.57. The van der Waals surface area contributed by atoms with Gasteiger partial charge in [0.2, 0.25) is 0 Å². The Labute approximate surface area is 115 Å².